The van der Waals surface area contributed by atoms with Crippen molar-refractivity contribution < 1.29 is 4.74 Å². The van der Waals surface area contributed by atoms with Gasteiger partial charge in [0, 0.05) is 31.8 Å². The first-order valence-corrected chi connectivity index (χ1v) is 6.08. The number of nitrogens with zero attached hydrogens (tertiary/aromatic N) is 1. The minimum atomic E-state index is 0.211. The van der Waals surface area contributed by atoms with Gasteiger partial charge in [0.25, 0.3) is 0 Å². The van der Waals surface area contributed by atoms with E-state index in [1.807, 2.05) is 0 Å². The second-order valence-electron chi connectivity index (χ2n) is 4.30. The van der Waals surface area contributed by atoms with Crippen molar-refractivity contribution in [2.24, 2.45) is 5.73 Å². The van der Waals surface area contributed by atoms with Crippen LogP contribution in [0.5, 0.6) is 0 Å². The normalized spacial score (nSPS) is 16.0. The number of methoxy groups -OCH3 is 1. The number of hydrogen-bond donors (Lipinski definition) is 1. The first-order chi connectivity index (χ1) is 7.08. The maximum atomic E-state index is 5.97. The van der Waals surface area contributed by atoms with Gasteiger partial charge < -0.3 is 10.5 Å². The summed E-state index contributed by atoms with van der Waals surface area (Å²) in [7, 11) is 1.75. The number of nitrogens with two attached hydrogens (primary N) is 1. The SMILES string of the molecule is CCC(CC)N(CCOC)C(C)C(C)N. The number of ether oxygens (including phenoxy) is 1. The van der Waals surface area contributed by atoms with Crippen molar-refractivity contribution in [2.75, 3.05) is 20.3 Å². The molecule has 0 spiro atoms. The molecule has 0 radical (unpaired) electrons. The van der Waals surface area contributed by atoms with Crippen molar-refractivity contribution >= 4 is 0 Å². The van der Waals surface area contributed by atoms with Gasteiger partial charge in [-0.15, -0.1) is 0 Å². The maximum absolute atomic E-state index is 5.97. The Morgan fingerprint density at radius 2 is 1.73 bits per heavy atom. The third kappa shape index (κ3) is 4.96. The van der Waals surface area contributed by atoms with E-state index in [4.69, 9.17) is 10.5 Å². The van der Waals surface area contributed by atoms with E-state index in [-0.39, 0.29) is 6.04 Å². The van der Waals surface area contributed by atoms with Crippen LogP contribution in [0.4, 0.5) is 0 Å². The first kappa shape index (κ1) is 14.9. The Morgan fingerprint density at radius 1 is 1.20 bits per heavy atom. The molecule has 0 rings (SSSR count). The molecule has 0 saturated carbocycles. The van der Waals surface area contributed by atoms with E-state index in [0.717, 1.165) is 13.2 Å². The zero-order valence-electron chi connectivity index (χ0n) is 11.0. The molecule has 0 aliphatic rings. The number of rotatable bonds is 8. The van der Waals surface area contributed by atoms with Gasteiger partial charge in [0.05, 0.1) is 6.61 Å². The summed E-state index contributed by atoms with van der Waals surface area (Å²) in [5, 5.41) is 0. The first-order valence-electron chi connectivity index (χ1n) is 6.08. The standard InChI is InChI=1S/C12H28N2O/c1-6-12(7-2)14(8-9-15-5)11(4)10(3)13/h10-12H,6-9,13H2,1-5H3. The molecule has 0 aromatic heterocycles. The smallest absolute Gasteiger partial charge is 0.0589 e. The number of hydrogen-bond acceptors (Lipinski definition) is 3. The van der Waals surface area contributed by atoms with Gasteiger partial charge in [-0.05, 0) is 26.7 Å². The molecule has 0 aromatic carbocycles. The fraction of sp³-hybridized carbons (Fsp3) is 1.00. The van der Waals surface area contributed by atoms with Crippen LogP contribution in [0, 0.1) is 0 Å². The molecule has 0 bridgehead atoms. The lowest BCUT2D eigenvalue weighted by atomic mass is 10.0. The lowest BCUT2D eigenvalue weighted by molar-refractivity contribution is 0.0778. The quantitative estimate of drug-likeness (QED) is 0.673. The monoisotopic (exact) mass is 216 g/mol. The van der Waals surface area contributed by atoms with Gasteiger partial charge in [-0.25, -0.2) is 0 Å². The predicted octanol–water partition coefficient (Wildman–Crippen LogP) is 1.86. The second-order valence-corrected chi connectivity index (χ2v) is 4.30. The molecule has 0 aromatic rings. The van der Waals surface area contributed by atoms with E-state index in [9.17, 15) is 0 Å². The third-order valence-corrected chi connectivity index (χ3v) is 3.25. The Bertz CT molecular complexity index is 145. The Labute approximate surface area is 95.0 Å². The van der Waals surface area contributed by atoms with Crippen LogP contribution in [0.3, 0.4) is 0 Å². The molecule has 0 saturated heterocycles. The molecule has 0 amide bonds. The van der Waals surface area contributed by atoms with Crippen LogP contribution in [-0.4, -0.2) is 43.3 Å². The average Bonchev–Trinajstić information content (AvgIpc) is 2.23. The van der Waals surface area contributed by atoms with E-state index in [2.05, 4.69) is 32.6 Å². The van der Waals surface area contributed by atoms with Crippen LogP contribution < -0.4 is 5.73 Å². The summed E-state index contributed by atoms with van der Waals surface area (Å²) in [6.07, 6.45) is 2.36. The minimum Gasteiger partial charge on any atom is -0.383 e. The fourth-order valence-electron chi connectivity index (χ4n) is 1.98. The minimum absolute atomic E-state index is 0.211. The zero-order chi connectivity index (χ0) is 11.8. The molecule has 2 N–H and O–H groups in total. The van der Waals surface area contributed by atoms with Gasteiger partial charge in [-0.2, -0.15) is 0 Å². The molecule has 0 aliphatic heterocycles. The fourth-order valence-corrected chi connectivity index (χ4v) is 1.98. The molecule has 0 heterocycles. The van der Waals surface area contributed by atoms with Crippen LogP contribution in [0.2, 0.25) is 0 Å². The van der Waals surface area contributed by atoms with E-state index in [1.54, 1.807) is 7.11 Å². The third-order valence-electron chi connectivity index (χ3n) is 3.25. The van der Waals surface area contributed by atoms with E-state index in [0.29, 0.717) is 12.1 Å². The molecular weight excluding hydrogens is 188 g/mol. The van der Waals surface area contributed by atoms with Crippen LogP contribution in [-0.2, 0) is 4.74 Å². The van der Waals surface area contributed by atoms with Gasteiger partial charge in [-0.1, -0.05) is 13.8 Å². The summed E-state index contributed by atoms with van der Waals surface area (Å²) in [6, 6.07) is 1.26. The van der Waals surface area contributed by atoms with Gasteiger partial charge in [-0.3, -0.25) is 4.90 Å². The highest BCUT2D eigenvalue weighted by atomic mass is 16.5. The molecule has 0 aliphatic carbocycles. The van der Waals surface area contributed by atoms with Crippen molar-refractivity contribution in [1.82, 2.24) is 4.90 Å². The highest BCUT2D eigenvalue weighted by molar-refractivity contribution is 4.80. The Balaban J connectivity index is 4.40. The summed E-state index contributed by atoms with van der Waals surface area (Å²) < 4.78 is 5.16. The summed E-state index contributed by atoms with van der Waals surface area (Å²) in [5.74, 6) is 0. The molecule has 15 heavy (non-hydrogen) atoms. The molecule has 3 nitrogen and oxygen atoms in total. The van der Waals surface area contributed by atoms with E-state index in [1.165, 1.54) is 12.8 Å². The summed E-state index contributed by atoms with van der Waals surface area (Å²) in [4.78, 5) is 2.48. The molecule has 2 atom stereocenters. The Morgan fingerprint density at radius 3 is 2.07 bits per heavy atom. The topological polar surface area (TPSA) is 38.5 Å². The second kappa shape index (κ2) is 8.08. The van der Waals surface area contributed by atoms with Crippen molar-refractivity contribution in [2.45, 2.75) is 58.7 Å². The van der Waals surface area contributed by atoms with Gasteiger partial charge >= 0.3 is 0 Å². The molecular formula is C12H28N2O. The van der Waals surface area contributed by atoms with Crippen molar-refractivity contribution in [3.63, 3.8) is 0 Å². The van der Waals surface area contributed by atoms with E-state index >= 15 is 0 Å². The van der Waals surface area contributed by atoms with Crippen LogP contribution in [0.1, 0.15) is 40.5 Å². The van der Waals surface area contributed by atoms with Crippen molar-refractivity contribution in [1.29, 1.82) is 0 Å². The van der Waals surface area contributed by atoms with Gasteiger partial charge in [0.15, 0.2) is 0 Å². The highest BCUT2D eigenvalue weighted by Crippen LogP contribution is 2.14. The van der Waals surface area contributed by atoms with Crippen LogP contribution in [0.25, 0.3) is 0 Å². The molecule has 2 unspecified atom stereocenters. The predicted molar refractivity (Wildman–Crippen MR) is 66.1 cm³/mol. The summed E-state index contributed by atoms with van der Waals surface area (Å²) >= 11 is 0. The molecule has 92 valence electrons. The zero-order valence-corrected chi connectivity index (χ0v) is 11.0. The summed E-state index contributed by atoms with van der Waals surface area (Å²) in [5.41, 5.74) is 5.97. The lowest BCUT2D eigenvalue weighted by Crippen LogP contribution is -2.50. The van der Waals surface area contributed by atoms with Crippen LogP contribution in [0.15, 0.2) is 0 Å². The van der Waals surface area contributed by atoms with Crippen molar-refractivity contribution in [3.05, 3.63) is 0 Å². The average molecular weight is 216 g/mol. The maximum Gasteiger partial charge on any atom is 0.0589 e. The lowest BCUT2D eigenvalue weighted by Gasteiger charge is -2.37. The van der Waals surface area contributed by atoms with Gasteiger partial charge in [0.1, 0.15) is 0 Å². The highest BCUT2D eigenvalue weighted by Gasteiger charge is 2.22. The summed E-state index contributed by atoms with van der Waals surface area (Å²) in [6.45, 7) is 10.5. The largest absolute Gasteiger partial charge is 0.383 e. The van der Waals surface area contributed by atoms with Crippen LogP contribution >= 0.6 is 0 Å². The van der Waals surface area contributed by atoms with E-state index < -0.39 is 0 Å². The molecule has 3 heteroatoms. The van der Waals surface area contributed by atoms with Gasteiger partial charge in [0.2, 0.25) is 0 Å². The Kier molecular flexibility index (Phi) is 8.02. The molecule has 0 fully saturated rings. The Hall–Kier alpha value is -0.120. The van der Waals surface area contributed by atoms with Crippen molar-refractivity contribution in [3.8, 4) is 0 Å².